The van der Waals surface area contributed by atoms with Gasteiger partial charge in [0.1, 0.15) is 5.82 Å². The monoisotopic (exact) mass is 382 g/mol. The van der Waals surface area contributed by atoms with E-state index in [-0.39, 0.29) is 12.4 Å². The van der Waals surface area contributed by atoms with Crippen molar-refractivity contribution in [1.82, 2.24) is 9.47 Å². The minimum atomic E-state index is -0.178. The number of aryl methyl sites for hydroxylation is 1. The van der Waals surface area contributed by atoms with Crippen LogP contribution in [0.3, 0.4) is 0 Å². The second-order valence-corrected chi connectivity index (χ2v) is 7.40. The molecule has 0 unspecified atom stereocenters. The maximum Gasteiger partial charge on any atom is 0.123 e. The molecule has 0 spiro atoms. The van der Waals surface area contributed by atoms with Gasteiger partial charge in [-0.05, 0) is 67.4 Å². The number of hydrogen-bond donors (Lipinski definition) is 1. The lowest BCUT2D eigenvalue weighted by atomic mass is 10.0. The van der Waals surface area contributed by atoms with Crippen LogP contribution in [0.1, 0.15) is 37.8 Å². The molecule has 1 aromatic heterocycles. The number of halogens is 1. The lowest BCUT2D eigenvalue weighted by molar-refractivity contribution is 0.197. The Morgan fingerprint density at radius 2 is 1.79 bits per heavy atom. The molecule has 1 N–H and O–H groups in total. The van der Waals surface area contributed by atoms with E-state index in [0.717, 1.165) is 12.8 Å². The maximum absolute atomic E-state index is 11.9. The zero-order chi connectivity index (χ0) is 19.8. The molecule has 1 saturated heterocycles. The van der Waals surface area contributed by atoms with E-state index >= 15 is 0 Å². The Kier molecular flexibility index (Phi) is 7.63. The summed E-state index contributed by atoms with van der Waals surface area (Å²) in [5.74, 6) is -0.178. The zero-order valence-electron chi connectivity index (χ0n) is 16.7. The van der Waals surface area contributed by atoms with Gasteiger partial charge in [-0.15, -0.1) is 0 Å². The van der Waals surface area contributed by atoms with E-state index in [1.54, 1.807) is 18.2 Å². The highest BCUT2D eigenvalue weighted by molar-refractivity contribution is 5.81. The minimum Gasteiger partial charge on any atom is -0.396 e. The van der Waals surface area contributed by atoms with Crippen molar-refractivity contribution >= 4 is 10.9 Å². The fourth-order valence-electron chi connectivity index (χ4n) is 3.88. The summed E-state index contributed by atoms with van der Waals surface area (Å²) in [4.78, 5) is 2.54. The predicted molar refractivity (Wildman–Crippen MR) is 114 cm³/mol. The molecule has 0 aliphatic carbocycles. The number of rotatable bonds is 5. The van der Waals surface area contributed by atoms with Crippen LogP contribution in [0.2, 0.25) is 0 Å². The summed E-state index contributed by atoms with van der Waals surface area (Å²) in [6.45, 7) is 6.12. The van der Waals surface area contributed by atoms with E-state index in [1.807, 2.05) is 0 Å². The average Bonchev–Trinajstić information content (AvgIpc) is 3.16. The number of aromatic nitrogens is 1. The molecule has 3 nitrogen and oxygen atoms in total. The lowest BCUT2D eigenvalue weighted by Crippen LogP contribution is -2.34. The van der Waals surface area contributed by atoms with Crippen molar-refractivity contribution in [3.05, 3.63) is 72.2 Å². The first-order chi connectivity index (χ1) is 13.7. The minimum absolute atomic E-state index is 0.178. The van der Waals surface area contributed by atoms with Gasteiger partial charge in [-0.3, -0.25) is 0 Å². The van der Waals surface area contributed by atoms with Gasteiger partial charge >= 0.3 is 0 Å². The van der Waals surface area contributed by atoms with Crippen molar-refractivity contribution in [3.8, 4) is 0 Å². The van der Waals surface area contributed by atoms with Gasteiger partial charge in [-0.2, -0.15) is 0 Å². The van der Waals surface area contributed by atoms with Crippen LogP contribution in [0.5, 0.6) is 0 Å². The predicted octanol–water partition coefficient (Wildman–Crippen LogP) is 5.05. The number of aliphatic hydroxyl groups is 1. The fourth-order valence-corrected chi connectivity index (χ4v) is 3.88. The molecule has 1 aliphatic rings. The quantitative estimate of drug-likeness (QED) is 0.669. The molecule has 4 heteroatoms. The van der Waals surface area contributed by atoms with Crippen LogP contribution in [-0.2, 0) is 6.42 Å². The van der Waals surface area contributed by atoms with E-state index < -0.39 is 0 Å². The summed E-state index contributed by atoms with van der Waals surface area (Å²) < 4.78 is 14.4. The molecule has 1 fully saturated rings. The lowest BCUT2D eigenvalue weighted by Gasteiger charge is -2.32. The molecule has 0 atom stereocenters. The molecule has 2 aromatic carbocycles. The Morgan fingerprint density at radius 1 is 1.04 bits per heavy atom. The van der Waals surface area contributed by atoms with Crippen molar-refractivity contribution in [2.75, 3.05) is 26.2 Å². The summed E-state index contributed by atoms with van der Waals surface area (Å²) in [5, 5.41) is 10.3. The van der Waals surface area contributed by atoms with Crippen LogP contribution in [0.25, 0.3) is 10.9 Å². The number of benzene rings is 2. The van der Waals surface area contributed by atoms with Crippen molar-refractivity contribution in [3.63, 3.8) is 0 Å². The van der Waals surface area contributed by atoms with Crippen molar-refractivity contribution in [2.45, 2.75) is 38.6 Å². The molecule has 150 valence electrons. The third-order valence-electron chi connectivity index (χ3n) is 5.54. The first-order valence-electron chi connectivity index (χ1n) is 10.3. The van der Waals surface area contributed by atoms with E-state index in [4.69, 9.17) is 5.11 Å². The Bertz CT molecular complexity index is 838. The molecule has 2 heterocycles. The molecular weight excluding hydrogens is 351 g/mol. The first-order valence-corrected chi connectivity index (χ1v) is 10.3. The first kappa shape index (κ1) is 20.6. The number of hydrogen-bond acceptors (Lipinski definition) is 2. The summed E-state index contributed by atoms with van der Waals surface area (Å²) in [5.41, 5.74) is 2.70. The Labute approximate surface area is 167 Å². The molecule has 4 rings (SSSR count). The van der Waals surface area contributed by atoms with Gasteiger partial charge in [0.05, 0.1) is 0 Å². The van der Waals surface area contributed by atoms with E-state index in [9.17, 15) is 4.39 Å². The summed E-state index contributed by atoms with van der Waals surface area (Å²) in [7, 11) is 0. The van der Waals surface area contributed by atoms with Gasteiger partial charge in [-0.25, -0.2) is 4.39 Å². The fraction of sp³-hybridized carbons (Fsp3) is 0.417. The molecule has 3 aromatic rings. The smallest absolute Gasteiger partial charge is 0.123 e. The van der Waals surface area contributed by atoms with Gasteiger partial charge < -0.3 is 14.6 Å². The maximum atomic E-state index is 11.9. The highest BCUT2D eigenvalue weighted by Gasteiger charge is 2.20. The van der Waals surface area contributed by atoms with Gasteiger partial charge in [-0.1, -0.05) is 37.3 Å². The molecule has 1 aliphatic heterocycles. The van der Waals surface area contributed by atoms with Crippen LogP contribution in [-0.4, -0.2) is 40.8 Å². The molecule has 28 heavy (non-hydrogen) atoms. The topological polar surface area (TPSA) is 28.4 Å². The molecule has 0 radical (unpaired) electrons. The van der Waals surface area contributed by atoms with E-state index in [1.165, 1.54) is 61.1 Å². The SMILES string of the molecule is CCN1CCC(n2ccc3ccc(CCCO)cc32)CC1.Fc1ccccc1. The van der Waals surface area contributed by atoms with Gasteiger partial charge in [0, 0.05) is 37.5 Å². The Morgan fingerprint density at radius 3 is 2.39 bits per heavy atom. The number of likely N-dealkylation sites (tertiary alicyclic amines) is 1. The van der Waals surface area contributed by atoms with Gasteiger partial charge in [0.2, 0.25) is 0 Å². The number of aliphatic hydroxyl groups excluding tert-OH is 1. The van der Waals surface area contributed by atoms with Crippen LogP contribution < -0.4 is 0 Å². The normalized spacial score (nSPS) is 15.4. The number of piperidine rings is 1. The van der Waals surface area contributed by atoms with Crippen molar-refractivity contribution in [1.29, 1.82) is 0 Å². The third-order valence-corrected chi connectivity index (χ3v) is 5.54. The summed E-state index contributed by atoms with van der Waals surface area (Å²) >= 11 is 0. The van der Waals surface area contributed by atoms with Crippen LogP contribution in [0.15, 0.2) is 60.8 Å². The standard InChI is InChI=1S/C18H26N2O.C6H5F/c1-2-19-10-8-17(9-11-19)20-12-7-16-6-5-15(4-3-13-21)14-18(16)20;7-6-4-2-1-3-5-6/h5-7,12,14,17,21H,2-4,8-11,13H2,1H3;1-5H. The van der Waals surface area contributed by atoms with Gasteiger partial charge in [0.25, 0.3) is 0 Å². The third kappa shape index (κ3) is 5.43. The number of nitrogens with zero attached hydrogens (tertiary/aromatic N) is 2. The Hall–Kier alpha value is -2.17. The number of fused-ring (bicyclic) bond motifs is 1. The highest BCUT2D eigenvalue weighted by atomic mass is 19.1. The molecule has 0 amide bonds. The highest BCUT2D eigenvalue weighted by Crippen LogP contribution is 2.28. The molecule has 0 bridgehead atoms. The van der Waals surface area contributed by atoms with Crippen LogP contribution in [0.4, 0.5) is 4.39 Å². The zero-order valence-corrected chi connectivity index (χ0v) is 16.7. The molecule has 0 saturated carbocycles. The molecular formula is C24H31FN2O. The van der Waals surface area contributed by atoms with E-state index in [2.05, 4.69) is 46.9 Å². The van der Waals surface area contributed by atoms with Crippen LogP contribution in [0, 0.1) is 5.82 Å². The summed E-state index contributed by atoms with van der Waals surface area (Å²) in [6, 6.07) is 17.5. The van der Waals surface area contributed by atoms with Crippen LogP contribution >= 0.6 is 0 Å². The largest absolute Gasteiger partial charge is 0.396 e. The second-order valence-electron chi connectivity index (χ2n) is 7.40. The van der Waals surface area contributed by atoms with Gasteiger partial charge in [0.15, 0.2) is 0 Å². The average molecular weight is 383 g/mol. The second kappa shape index (κ2) is 10.4. The van der Waals surface area contributed by atoms with Crippen molar-refractivity contribution in [2.24, 2.45) is 0 Å². The Balaban J connectivity index is 0.000000271. The van der Waals surface area contributed by atoms with Crippen molar-refractivity contribution < 1.29 is 9.50 Å². The summed E-state index contributed by atoms with van der Waals surface area (Å²) in [6.07, 6.45) is 6.57. The van der Waals surface area contributed by atoms with E-state index in [0.29, 0.717) is 6.04 Å².